The summed E-state index contributed by atoms with van der Waals surface area (Å²) >= 11 is 0. The minimum atomic E-state index is -0.848. The van der Waals surface area contributed by atoms with Gasteiger partial charge in [0.05, 0.1) is 18.6 Å². The van der Waals surface area contributed by atoms with Crippen LogP contribution >= 0.6 is 0 Å². The highest BCUT2D eigenvalue weighted by Crippen LogP contribution is 2.25. The zero-order valence-corrected chi connectivity index (χ0v) is 25.5. The molecule has 0 aromatic heterocycles. The highest BCUT2D eigenvalue weighted by Gasteiger charge is 2.30. The summed E-state index contributed by atoms with van der Waals surface area (Å²) in [5, 5.41) is 26.7. The maximum atomic E-state index is 13.0. The van der Waals surface area contributed by atoms with Gasteiger partial charge in [-0.2, -0.15) is 0 Å². The Morgan fingerprint density at radius 1 is 1.10 bits per heavy atom. The first kappa shape index (κ1) is 34.5. The maximum Gasteiger partial charge on any atom is 0.328 e. The van der Waals surface area contributed by atoms with Gasteiger partial charge >= 0.3 is 5.97 Å². The number of hydrogen-bond acceptors (Lipinski definition) is 7. The Kier molecular flexibility index (Phi) is 14.2. The molecule has 230 valence electrons. The molecule has 9 nitrogen and oxygen atoms in total. The van der Waals surface area contributed by atoms with Crippen molar-refractivity contribution in [1.82, 2.24) is 5.32 Å². The SMILES string of the molecule is CO[C@H]1/C=C/C=C/C=C/C[C@H](O)[C@H](C)[C@@H](OC(=O)[C@@H](C)NC(=O)C(C)C)/C(C)=C\CCc2cc(O)cc(c2)NC(=O)C1. The number of ether oxygens (including phenoxy) is 2. The number of aryl methyl sites for hydroxylation is 1. The highest BCUT2D eigenvalue weighted by atomic mass is 16.5. The zero-order valence-electron chi connectivity index (χ0n) is 25.5. The van der Waals surface area contributed by atoms with E-state index in [1.54, 1.807) is 57.2 Å². The first-order chi connectivity index (χ1) is 19.9. The number of carbonyl (C=O) groups excluding carboxylic acids is 3. The summed E-state index contributed by atoms with van der Waals surface area (Å²) in [5.74, 6) is -1.77. The van der Waals surface area contributed by atoms with Crippen molar-refractivity contribution < 1.29 is 34.1 Å². The summed E-state index contributed by atoms with van der Waals surface area (Å²) in [5.41, 5.74) is 2.05. The third-order valence-corrected chi connectivity index (χ3v) is 7.04. The minimum Gasteiger partial charge on any atom is -0.508 e. The first-order valence-corrected chi connectivity index (χ1v) is 14.4. The van der Waals surface area contributed by atoms with Crippen LogP contribution in [0.3, 0.4) is 0 Å². The van der Waals surface area contributed by atoms with Gasteiger partial charge in [0.1, 0.15) is 17.9 Å². The van der Waals surface area contributed by atoms with Gasteiger partial charge in [0.15, 0.2) is 0 Å². The van der Waals surface area contributed by atoms with E-state index in [1.807, 2.05) is 32.1 Å². The quantitative estimate of drug-likeness (QED) is 0.291. The number of benzene rings is 1. The number of anilines is 1. The predicted molar refractivity (Wildman–Crippen MR) is 164 cm³/mol. The molecule has 0 fully saturated rings. The Hall–Kier alpha value is -3.69. The van der Waals surface area contributed by atoms with Crippen LogP contribution in [0, 0.1) is 11.8 Å². The normalized spacial score (nSPS) is 26.9. The van der Waals surface area contributed by atoms with E-state index in [9.17, 15) is 24.6 Å². The van der Waals surface area contributed by atoms with Gasteiger partial charge in [0.25, 0.3) is 0 Å². The van der Waals surface area contributed by atoms with Gasteiger partial charge in [0, 0.05) is 30.7 Å². The van der Waals surface area contributed by atoms with Crippen molar-refractivity contribution in [1.29, 1.82) is 0 Å². The lowest BCUT2D eigenvalue weighted by atomic mass is 9.90. The van der Waals surface area contributed by atoms with Gasteiger partial charge < -0.3 is 30.3 Å². The van der Waals surface area contributed by atoms with Crippen LogP contribution in [0.15, 0.2) is 66.3 Å². The van der Waals surface area contributed by atoms with Crippen molar-refractivity contribution in [2.75, 3.05) is 12.4 Å². The van der Waals surface area contributed by atoms with Crippen LogP contribution in [0.5, 0.6) is 5.75 Å². The average molecular weight is 583 g/mol. The number of fused-ring (bicyclic) bond motifs is 2. The molecule has 0 aliphatic carbocycles. The second-order valence-electron chi connectivity index (χ2n) is 11.0. The van der Waals surface area contributed by atoms with Crippen molar-refractivity contribution in [3.05, 3.63) is 71.9 Å². The molecule has 1 aliphatic heterocycles. The predicted octanol–water partition coefficient (Wildman–Crippen LogP) is 4.76. The van der Waals surface area contributed by atoms with E-state index < -0.39 is 36.2 Å². The van der Waals surface area contributed by atoms with E-state index in [1.165, 1.54) is 13.2 Å². The number of aliphatic hydroxyl groups is 1. The van der Waals surface area contributed by atoms with Crippen molar-refractivity contribution in [2.45, 2.75) is 84.7 Å². The first-order valence-electron chi connectivity index (χ1n) is 14.4. The number of aliphatic hydroxyl groups excluding tert-OH is 1. The number of aromatic hydroxyl groups is 1. The van der Waals surface area contributed by atoms with Crippen molar-refractivity contribution in [3.63, 3.8) is 0 Å². The molecule has 9 heteroatoms. The van der Waals surface area contributed by atoms with Crippen LogP contribution in [0.1, 0.15) is 59.4 Å². The monoisotopic (exact) mass is 582 g/mol. The highest BCUT2D eigenvalue weighted by molar-refractivity contribution is 5.91. The molecule has 2 rings (SSSR count). The smallest absolute Gasteiger partial charge is 0.328 e. The summed E-state index contributed by atoms with van der Waals surface area (Å²) in [6, 6.07) is 4.08. The lowest BCUT2D eigenvalue weighted by molar-refractivity contribution is -0.154. The fourth-order valence-electron chi connectivity index (χ4n) is 4.41. The Bertz CT molecular complexity index is 1180. The fourth-order valence-corrected chi connectivity index (χ4v) is 4.41. The van der Waals surface area contributed by atoms with Crippen LogP contribution in [-0.2, 0) is 30.3 Å². The second kappa shape index (κ2) is 17.3. The number of allylic oxidation sites excluding steroid dienone is 5. The van der Waals surface area contributed by atoms with Crippen LogP contribution in [0.4, 0.5) is 5.69 Å². The summed E-state index contributed by atoms with van der Waals surface area (Å²) in [6.07, 6.45) is 12.3. The van der Waals surface area contributed by atoms with Crippen LogP contribution < -0.4 is 10.6 Å². The molecule has 0 saturated carbocycles. The van der Waals surface area contributed by atoms with E-state index in [0.717, 1.165) is 11.1 Å². The van der Waals surface area contributed by atoms with Crippen molar-refractivity contribution in [3.8, 4) is 5.75 Å². The summed E-state index contributed by atoms with van der Waals surface area (Å²) < 4.78 is 11.3. The Labute approximate surface area is 249 Å². The molecule has 1 heterocycles. The van der Waals surface area contributed by atoms with E-state index >= 15 is 0 Å². The van der Waals surface area contributed by atoms with Gasteiger partial charge in [-0.25, -0.2) is 4.79 Å². The lowest BCUT2D eigenvalue weighted by Gasteiger charge is -2.29. The van der Waals surface area contributed by atoms with E-state index in [0.29, 0.717) is 24.9 Å². The largest absolute Gasteiger partial charge is 0.508 e. The molecule has 2 amide bonds. The molecule has 1 aromatic rings. The van der Waals surface area contributed by atoms with Gasteiger partial charge in [-0.05, 0) is 56.4 Å². The number of rotatable bonds is 5. The standard InChI is InChI=1S/C33H46N2O7/c1-21(2)32(39)34-24(5)33(40)42-31-22(3)13-12-14-25-17-26(19-27(36)18-25)35-30(38)20-28(41-6)15-10-8-7-9-11-16-29(37)23(31)4/h7-11,13,15,17-19,21,23-24,28-29,31,36-37H,12,14,16,20H2,1-6H3,(H,34,39)(H,35,38)/b8-7+,11-9+,15-10+,22-13-/t23-,24+,28-,29-,31-/m0/s1. The second-order valence-corrected chi connectivity index (χ2v) is 11.0. The fraction of sp³-hybridized carbons (Fsp3) is 0.485. The molecule has 5 atom stereocenters. The molecule has 1 aliphatic rings. The average Bonchev–Trinajstić information content (AvgIpc) is 2.92. The number of methoxy groups -OCH3 is 1. The molecular weight excluding hydrogens is 536 g/mol. The zero-order chi connectivity index (χ0) is 31.2. The summed E-state index contributed by atoms with van der Waals surface area (Å²) in [7, 11) is 1.53. The molecule has 2 bridgehead atoms. The number of amides is 2. The molecule has 4 N–H and O–H groups in total. The third kappa shape index (κ3) is 11.7. The molecule has 0 unspecified atom stereocenters. The molecule has 1 aromatic carbocycles. The number of nitrogens with one attached hydrogen (secondary N) is 2. The van der Waals surface area contributed by atoms with Crippen LogP contribution in [0.2, 0.25) is 0 Å². The van der Waals surface area contributed by atoms with E-state index in [4.69, 9.17) is 9.47 Å². The molecule has 0 radical (unpaired) electrons. The van der Waals surface area contributed by atoms with Crippen LogP contribution in [0.25, 0.3) is 0 Å². The Balaban J connectivity index is 2.35. The van der Waals surface area contributed by atoms with E-state index in [2.05, 4.69) is 10.6 Å². The topological polar surface area (TPSA) is 134 Å². The number of hydrogen-bond donors (Lipinski definition) is 4. The summed E-state index contributed by atoms with van der Waals surface area (Å²) in [6.45, 7) is 8.74. The third-order valence-electron chi connectivity index (χ3n) is 7.04. The Morgan fingerprint density at radius 2 is 1.81 bits per heavy atom. The number of esters is 1. The van der Waals surface area contributed by atoms with Gasteiger partial charge in [-0.3, -0.25) is 9.59 Å². The number of phenolic OH excluding ortho intramolecular Hbond substituents is 1. The molecule has 42 heavy (non-hydrogen) atoms. The molecule has 0 spiro atoms. The van der Waals surface area contributed by atoms with Gasteiger partial charge in [0.2, 0.25) is 11.8 Å². The lowest BCUT2D eigenvalue weighted by Crippen LogP contribution is -2.44. The van der Waals surface area contributed by atoms with Crippen molar-refractivity contribution >= 4 is 23.5 Å². The summed E-state index contributed by atoms with van der Waals surface area (Å²) in [4.78, 5) is 37.7. The van der Waals surface area contributed by atoms with Gasteiger partial charge in [-0.1, -0.05) is 63.3 Å². The number of phenols is 1. The van der Waals surface area contributed by atoms with E-state index in [-0.39, 0.29) is 29.9 Å². The Morgan fingerprint density at radius 3 is 2.50 bits per heavy atom. The molecule has 0 saturated heterocycles. The van der Waals surface area contributed by atoms with Gasteiger partial charge in [-0.15, -0.1) is 0 Å². The number of carbonyl (C=O) groups is 3. The molecular formula is C33H46N2O7. The van der Waals surface area contributed by atoms with Crippen LogP contribution in [-0.4, -0.2) is 59.5 Å². The van der Waals surface area contributed by atoms with Crippen molar-refractivity contribution in [2.24, 2.45) is 11.8 Å². The minimum absolute atomic E-state index is 0.0312. The maximum absolute atomic E-state index is 13.0.